The molecular formula is C76H138N2O6P+. The van der Waals surface area contributed by atoms with E-state index in [0.717, 1.165) is 109 Å². The number of carbonyl (C=O) groups is 1. The topological polar surface area (TPSA) is 105 Å². The number of aliphatic hydroxyl groups is 1. The lowest BCUT2D eigenvalue weighted by Gasteiger charge is -2.26. The van der Waals surface area contributed by atoms with Crippen molar-refractivity contribution in [2.75, 3.05) is 40.9 Å². The van der Waals surface area contributed by atoms with Crippen molar-refractivity contribution in [3.05, 3.63) is 109 Å². The fraction of sp³-hybridized carbons (Fsp3) is 0.750. The average Bonchev–Trinajstić information content (AvgIpc) is 3.48. The fourth-order valence-electron chi connectivity index (χ4n) is 10.3. The molecule has 0 saturated carbocycles. The highest BCUT2D eigenvalue weighted by Crippen LogP contribution is 2.43. The van der Waals surface area contributed by atoms with E-state index in [0.29, 0.717) is 23.9 Å². The van der Waals surface area contributed by atoms with Gasteiger partial charge in [-0.3, -0.25) is 13.8 Å². The molecular weight excluding hydrogens is 1070 g/mol. The molecule has 0 rings (SSSR count). The van der Waals surface area contributed by atoms with Crippen LogP contribution < -0.4 is 5.32 Å². The van der Waals surface area contributed by atoms with E-state index >= 15 is 0 Å². The number of aliphatic hydroxyl groups excluding tert-OH is 1. The zero-order chi connectivity index (χ0) is 61.9. The summed E-state index contributed by atoms with van der Waals surface area (Å²) in [5.41, 5.74) is 0. The summed E-state index contributed by atoms with van der Waals surface area (Å²) in [5, 5.41) is 14.2. The highest BCUT2D eigenvalue weighted by Gasteiger charge is 2.28. The van der Waals surface area contributed by atoms with Crippen molar-refractivity contribution < 1.29 is 32.9 Å². The van der Waals surface area contributed by atoms with E-state index in [9.17, 15) is 19.4 Å². The number of likely N-dealkylation sites (N-methyl/N-ethyl adjacent to an activating group) is 1. The second-order valence-corrected chi connectivity index (χ2v) is 26.7. The summed E-state index contributed by atoms with van der Waals surface area (Å²) in [6, 6.07) is -0.777. The van der Waals surface area contributed by atoms with Gasteiger partial charge in [-0.05, 0) is 83.5 Å². The Kier molecular flexibility index (Phi) is 63.4. The Hall–Kier alpha value is -2.84. The molecule has 0 heterocycles. The van der Waals surface area contributed by atoms with Gasteiger partial charge in [0.05, 0.1) is 39.9 Å². The standard InChI is InChI=1S/C76H137N2O6P/c1-6-8-10-12-14-16-18-20-22-24-26-28-30-32-34-36-37-38-39-40-41-42-44-46-48-50-52-54-56-58-60-62-64-66-68-70-76(80)77-74(73-84-85(81,82)83-72-71-78(3,4)5)75(79)69-67-65-63-61-59-57-55-53-51-49-47-45-43-35-33-31-29-27-25-23-21-19-17-15-13-11-9-7-2/h8,10,14,16,20,22,26,28,32,34,37-38,40-41,44,46,50,52,74-75,79H,6-7,9,11-13,15,17-19,21,23-25,27,29-31,33,35-36,39,42-43,45,47-49,51,53-73H2,1-5H3,(H-,77,80,81,82)/p+1/b10-8-,16-14-,22-20-,28-26-,34-32-,38-37-,41-40-,46-44-,52-50-. The van der Waals surface area contributed by atoms with Gasteiger partial charge in [0.2, 0.25) is 5.91 Å². The molecule has 3 N–H and O–H groups in total. The van der Waals surface area contributed by atoms with Crippen LogP contribution in [0.1, 0.15) is 316 Å². The van der Waals surface area contributed by atoms with Crippen molar-refractivity contribution in [2.45, 2.75) is 328 Å². The molecule has 0 bridgehead atoms. The number of quaternary nitrogens is 1. The second-order valence-electron chi connectivity index (χ2n) is 25.2. The van der Waals surface area contributed by atoms with E-state index < -0.39 is 20.0 Å². The van der Waals surface area contributed by atoms with Crippen LogP contribution in [0.25, 0.3) is 0 Å². The molecule has 0 aromatic rings. The summed E-state index contributed by atoms with van der Waals surface area (Å²) in [7, 11) is 1.60. The summed E-state index contributed by atoms with van der Waals surface area (Å²) < 4.78 is 23.9. The molecule has 0 saturated heterocycles. The highest BCUT2D eigenvalue weighted by atomic mass is 31.2. The minimum Gasteiger partial charge on any atom is -0.391 e. The summed E-state index contributed by atoms with van der Waals surface area (Å²) in [5.74, 6) is -0.156. The average molecular weight is 1210 g/mol. The van der Waals surface area contributed by atoms with Crippen LogP contribution in [-0.2, 0) is 18.4 Å². The number of hydrogen-bond donors (Lipinski definition) is 3. The number of carbonyl (C=O) groups excluding carboxylic acids is 1. The Labute approximate surface area is 527 Å². The lowest BCUT2D eigenvalue weighted by Crippen LogP contribution is -2.46. The van der Waals surface area contributed by atoms with Crippen LogP contribution in [-0.4, -0.2) is 73.4 Å². The minimum atomic E-state index is -4.34. The van der Waals surface area contributed by atoms with Gasteiger partial charge in [-0.15, -0.1) is 0 Å². The van der Waals surface area contributed by atoms with Gasteiger partial charge in [-0.1, -0.05) is 335 Å². The van der Waals surface area contributed by atoms with Crippen molar-refractivity contribution in [1.82, 2.24) is 5.32 Å². The number of unbranched alkanes of at least 4 members (excludes halogenated alkanes) is 34. The molecule has 9 heteroatoms. The van der Waals surface area contributed by atoms with Crippen LogP contribution in [0.15, 0.2) is 109 Å². The number of phosphoric ester groups is 1. The smallest absolute Gasteiger partial charge is 0.391 e. The lowest BCUT2D eigenvalue weighted by atomic mass is 10.0. The fourth-order valence-corrected chi connectivity index (χ4v) is 11.0. The normalized spacial score (nSPS) is 14.3. The molecule has 3 atom stereocenters. The van der Waals surface area contributed by atoms with Gasteiger partial charge >= 0.3 is 7.82 Å². The van der Waals surface area contributed by atoms with Gasteiger partial charge < -0.3 is 19.8 Å². The van der Waals surface area contributed by atoms with Crippen molar-refractivity contribution in [1.29, 1.82) is 0 Å². The van der Waals surface area contributed by atoms with Crippen molar-refractivity contribution in [2.24, 2.45) is 0 Å². The van der Waals surface area contributed by atoms with Crippen molar-refractivity contribution in [3.8, 4) is 0 Å². The van der Waals surface area contributed by atoms with Gasteiger partial charge in [0.15, 0.2) is 0 Å². The molecule has 0 fully saturated rings. The van der Waals surface area contributed by atoms with Crippen molar-refractivity contribution in [3.63, 3.8) is 0 Å². The van der Waals surface area contributed by atoms with E-state index in [-0.39, 0.29) is 19.1 Å². The van der Waals surface area contributed by atoms with Crippen LogP contribution in [0.4, 0.5) is 0 Å². The number of nitrogens with zero attached hydrogens (tertiary/aromatic N) is 1. The Balaban J connectivity index is 4.11. The predicted molar refractivity (Wildman–Crippen MR) is 373 cm³/mol. The van der Waals surface area contributed by atoms with E-state index in [1.54, 1.807) is 0 Å². The van der Waals surface area contributed by atoms with Crippen LogP contribution in [0.5, 0.6) is 0 Å². The molecule has 0 aliphatic carbocycles. The third-order valence-corrected chi connectivity index (χ3v) is 16.8. The van der Waals surface area contributed by atoms with E-state index in [2.05, 4.69) is 129 Å². The summed E-state index contributed by atoms with van der Waals surface area (Å²) in [4.78, 5) is 23.5. The van der Waals surface area contributed by atoms with Gasteiger partial charge in [-0.2, -0.15) is 0 Å². The van der Waals surface area contributed by atoms with E-state index in [4.69, 9.17) is 9.05 Å². The Morgan fingerprint density at radius 3 is 1.04 bits per heavy atom. The largest absolute Gasteiger partial charge is 0.472 e. The van der Waals surface area contributed by atoms with Gasteiger partial charge in [0.1, 0.15) is 13.2 Å². The van der Waals surface area contributed by atoms with E-state index in [1.807, 2.05) is 21.1 Å². The quantitative estimate of drug-likeness (QED) is 0.0243. The zero-order valence-corrected chi connectivity index (χ0v) is 57.2. The molecule has 3 unspecified atom stereocenters. The molecule has 0 aliphatic heterocycles. The zero-order valence-electron chi connectivity index (χ0n) is 56.3. The third-order valence-electron chi connectivity index (χ3n) is 15.8. The first-order valence-corrected chi connectivity index (χ1v) is 37.2. The molecule has 0 aliphatic rings. The first-order valence-electron chi connectivity index (χ1n) is 35.8. The molecule has 1 amide bonds. The van der Waals surface area contributed by atoms with Crippen LogP contribution in [0, 0.1) is 0 Å². The molecule has 492 valence electrons. The van der Waals surface area contributed by atoms with E-state index in [1.165, 1.54) is 180 Å². The Bertz CT molecular complexity index is 1760. The van der Waals surface area contributed by atoms with Crippen molar-refractivity contribution >= 4 is 13.7 Å². The number of phosphoric acid groups is 1. The summed E-state index contributed by atoms with van der Waals surface area (Å²) in [6.45, 7) is 4.79. The molecule has 0 spiro atoms. The predicted octanol–water partition coefficient (Wildman–Crippen LogP) is 23.1. The number of rotatable bonds is 65. The SMILES string of the molecule is CC/C=C\C/C=C\C/C=C\C/C=C\C/C=C\C/C=C\C/C=C\C/C=C\C/C=C\CCCCCCCCCC(=O)NC(COP(=O)(O)OCC[N+](C)(C)C)C(O)CCCCCCCCCCCCCCCCCCCCCCCCCCCCCC. The number of amides is 1. The Morgan fingerprint density at radius 2 is 0.706 bits per heavy atom. The maximum absolute atomic E-state index is 13.1. The highest BCUT2D eigenvalue weighted by molar-refractivity contribution is 7.47. The Morgan fingerprint density at radius 1 is 0.412 bits per heavy atom. The monoisotopic (exact) mass is 1210 g/mol. The first kappa shape index (κ1) is 82.2. The minimum absolute atomic E-state index is 0.0676. The van der Waals surface area contributed by atoms with Crippen LogP contribution >= 0.6 is 7.82 Å². The molecule has 0 aromatic heterocycles. The number of hydrogen-bond acceptors (Lipinski definition) is 5. The molecule has 85 heavy (non-hydrogen) atoms. The maximum Gasteiger partial charge on any atom is 0.472 e. The van der Waals surface area contributed by atoms with Gasteiger partial charge in [0, 0.05) is 6.42 Å². The molecule has 8 nitrogen and oxygen atoms in total. The lowest BCUT2D eigenvalue weighted by molar-refractivity contribution is -0.870. The van der Waals surface area contributed by atoms with Gasteiger partial charge in [-0.25, -0.2) is 4.57 Å². The molecule has 0 aromatic carbocycles. The summed E-state index contributed by atoms with van der Waals surface area (Å²) in [6.07, 6.45) is 96.2. The summed E-state index contributed by atoms with van der Waals surface area (Å²) >= 11 is 0. The third kappa shape index (κ3) is 68.5. The number of allylic oxidation sites excluding steroid dienone is 18. The van der Waals surface area contributed by atoms with Crippen LogP contribution in [0.2, 0.25) is 0 Å². The van der Waals surface area contributed by atoms with Crippen LogP contribution in [0.3, 0.4) is 0 Å². The second kappa shape index (κ2) is 65.6. The maximum atomic E-state index is 13.1. The molecule has 0 radical (unpaired) electrons. The van der Waals surface area contributed by atoms with Gasteiger partial charge in [0.25, 0.3) is 0 Å². The number of nitrogens with one attached hydrogen (secondary N) is 1. The first-order chi connectivity index (χ1) is 41.5.